The molecule has 23 heavy (non-hydrogen) atoms. The zero-order valence-electron chi connectivity index (χ0n) is 12.5. The Morgan fingerprint density at radius 3 is 2.74 bits per heavy atom. The van der Waals surface area contributed by atoms with E-state index in [4.69, 9.17) is 16.9 Å². The number of rotatable bonds is 5. The Labute approximate surface area is 139 Å². The first-order valence-electron chi connectivity index (χ1n) is 6.91. The number of hydrogen-bond donors (Lipinski definition) is 2. The molecule has 0 bridgehead atoms. The highest BCUT2D eigenvalue weighted by molar-refractivity contribution is 6.31. The van der Waals surface area contributed by atoms with E-state index in [0.29, 0.717) is 10.6 Å². The molecule has 0 saturated carbocycles. The highest BCUT2D eigenvalue weighted by atomic mass is 35.5. The van der Waals surface area contributed by atoms with Gasteiger partial charge in [0.1, 0.15) is 0 Å². The molecule has 0 spiro atoms. The van der Waals surface area contributed by atoms with E-state index in [2.05, 4.69) is 15.8 Å². The number of nitriles is 1. The molecule has 1 amide bonds. The van der Waals surface area contributed by atoms with Gasteiger partial charge in [0.05, 0.1) is 24.4 Å². The van der Waals surface area contributed by atoms with Crippen LogP contribution in [0.25, 0.3) is 0 Å². The number of anilines is 1. The summed E-state index contributed by atoms with van der Waals surface area (Å²) in [6.07, 6.45) is 1.52. The lowest BCUT2D eigenvalue weighted by Crippen LogP contribution is -2.26. The number of hydrazone groups is 1. The molecule has 0 aromatic heterocycles. The van der Waals surface area contributed by atoms with Crippen LogP contribution in [-0.2, 0) is 4.79 Å². The van der Waals surface area contributed by atoms with Crippen LogP contribution < -0.4 is 10.7 Å². The summed E-state index contributed by atoms with van der Waals surface area (Å²) in [7, 11) is 0. The second-order valence-corrected chi connectivity index (χ2v) is 5.20. The number of halogens is 1. The van der Waals surface area contributed by atoms with E-state index in [1.54, 1.807) is 30.3 Å². The van der Waals surface area contributed by atoms with Gasteiger partial charge >= 0.3 is 0 Å². The number of nitrogens with one attached hydrogen (secondary N) is 2. The highest BCUT2D eigenvalue weighted by Gasteiger charge is 2.04. The van der Waals surface area contributed by atoms with Gasteiger partial charge in [0.25, 0.3) is 5.91 Å². The summed E-state index contributed by atoms with van der Waals surface area (Å²) in [4.78, 5) is 11.7. The zero-order chi connectivity index (χ0) is 16.7. The fraction of sp³-hybridized carbons (Fsp3) is 0.118. The monoisotopic (exact) mass is 326 g/mol. The lowest BCUT2D eigenvalue weighted by Gasteiger charge is -2.09. The lowest BCUT2D eigenvalue weighted by atomic mass is 10.2. The van der Waals surface area contributed by atoms with Crippen molar-refractivity contribution in [1.82, 2.24) is 5.43 Å². The molecule has 0 unspecified atom stereocenters. The minimum absolute atomic E-state index is 0.0892. The number of amides is 1. The Morgan fingerprint density at radius 1 is 1.30 bits per heavy atom. The first-order chi connectivity index (χ1) is 11.1. The minimum atomic E-state index is -0.269. The van der Waals surface area contributed by atoms with E-state index < -0.39 is 0 Å². The van der Waals surface area contributed by atoms with Crippen molar-refractivity contribution < 1.29 is 4.79 Å². The molecular weight excluding hydrogens is 312 g/mol. The van der Waals surface area contributed by atoms with Crippen LogP contribution in [0.4, 0.5) is 5.69 Å². The van der Waals surface area contributed by atoms with E-state index in [1.807, 2.05) is 25.1 Å². The molecule has 0 fully saturated rings. The van der Waals surface area contributed by atoms with Crippen molar-refractivity contribution >= 4 is 29.4 Å². The molecule has 2 N–H and O–H groups in total. The maximum Gasteiger partial charge on any atom is 0.259 e. The molecule has 0 heterocycles. The normalized spacial score (nSPS) is 10.3. The minimum Gasteiger partial charge on any atom is -0.376 e. The summed E-state index contributed by atoms with van der Waals surface area (Å²) in [5.41, 5.74) is 5.51. The van der Waals surface area contributed by atoms with Gasteiger partial charge in [0, 0.05) is 10.7 Å². The van der Waals surface area contributed by atoms with Crippen molar-refractivity contribution in [2.45, 2.75) is 6.92 Å². The third-order valence-electron chi connectivity index (χ3n) is 3.15. The van der Waals surface area contributed by atoms with Crippen LogP contribution in [0, 0.1) is 18.3 Å². The van der Waals surface area contributed by atoms with Crippen LogP contribution in [0.3, 0.4) is 0 Å². The average molecular weight is 327 g/mol. The summed E-state index contributed by atoms with van der Waals surface area (Å²) in [6.45, 7) is 1.97. The standard InChI is InChI=1S/C17H15ClN4O/c1-12-15(18)3-2-4-16(12)20-11-17(23)22-21-10-14-7-5-13(9-19)6-8-14/h2-8,10,20H,11H2,1H3,(H,22,23)/b21-10-. The fourth-order valence-electron chi connectivity index (χ4n) is 1.84. The topological polar surface area (TPSA) is 77.3 Å². The van der Waals surface area contributed by atoms with Crippen molar-refractivity contribution in [3.63, 3.8) is 0 Å². The van der Waals surface area contributed by atoms with Gasteiger partial charge < -0.3 is 5.32 Å². The molecular formula is C17H15ClN4O. The van der Waals surface area contributed by atoms with Crippen molar-refractivity contribution in [1.29, 1.82) is 5.26 Å². The molecule has 2 aromatic rings. The van der Waals surface area contributed by atoms with Gasteiger partial charge in [0.2, 0.25) is 0 Å². The third kappa shape index (κ3) is 4.83. The van der Waals surface area contributed by atoms with Crippen LogP contribution in [-0.4, -0.2) is 18.7 Å². The van der Waals surface area contributed by atoms with E-state index in [9.17, 15) is 4.79 Å². The van der Waals surface area contributed by atoms with Gasteiger partial charge in [-0.2, -0.15) is 10.4 Å². The second kappa shape index (κ2) is 7.97. The van der Waals surface area contributed by atoms with E-state index in [1.165, 1.54) is 6.21 Å². The molecule has 0 atom stereocenters. The summed E-state index contributed by atoms with van der Waals surface area (Å²) < 4.78 is 0. The Kier molecular flexibility index (Phi) is 5.73. The number of nitrogens with zero attached hydrogens (tertiary/aromatic N) is 2. The summed E-state index contributed by atoms with van der Waals surface area (Å²) in [6, 6.07) is 14.4. The molecule has 5 nitrogen and oxygen atoms in total. The van der Waals surface area contributed by atoms with Crippen LogP contribution in [0.15, 0.2) is 47.6 Å². The van der Waals surface area contributed by atoms with Crippen molar-refractivity contribution in [2.75, 3.05) is 11.9 Å². The van der Waals surface area contributed by atoms with Crippen molar-refractivity contribution in [2.24, 2.45) is 5.10 Å². The van der Waals surface area contributed by atoms with E-state index in [-0.39, 0.29) is 12.5 Å². The molecule has 116 valence electrons. The molecule has 2 rings (SSSR count). The predicted molar refractivity (Wildman–Crippen MR) is 91.6 cm³/mol. The molecule has 0 radical (unpaired) electrons. The molecule has 2 aromatic carbocycles. The van der Waals surface area contributed by atoms with Gasteiger partial charge in [-0.3, -0.25) is 4.79 Å². The first-order valence-corrected chi connectivity index (χ1v) is 7.29. The predicted octanol–water partition coefficient (Wildman–Crippen LogP) is 3.08. The van der Waals surface area contributed by atoms with Crippen molar-refractivity contribution in [3.05, 3.63) is 64.2 Å². The summed E-state index contributed by atoms with van der Waals surface area (Å²) in [5, 5.41) is 16.2. The van der Waals surface area contributed by atoms with Gasteiger partial charge in [-0.05, 0) is 42.3 Å². The Morgan fingerprint density at radius 2 is 2.04 bits per heavy atom. The molecule has 6 heteroatoms. The third-order valence-corrected chi connectivity index (χ3v) is 3.56. The number of benzene rings is 2. The molecule has 0 aliphatic carbocycles. The van der Waals surface area contributed by atoms with Crippen LogP contribution in [0.1, 0.15) is 16.7 Å². The zero-order valence-corrected chi connectivity index (χ0v) is 13.3. The number of carbonyl (C=O) groups is 1. The van der Waals surface area contributed by atoms with Crippen molar-refractivity contribution in [3.8, 4) is 6.07 Å². The largest absolute Gasteiger partial charge is 0.376 e. The Balaban J connectivity index is 1.84. The smallest absolute Gasteiger partial charge is 0.259 e. The first kappa shape index (κ1) is 16.5. The summed E-state index contributed by atoms with van der Waals surface area (Å²) in [5.74, 6) is -0.269. The van der Waals surface area contributed by atoms with Crippen LogP contribution >= 0.6 is 11.6 Å². The quantitative estimate of drug-likeness (QED) is 0.654. The average Bonchev–Trinajstić information content (AvgIpc) is 2.57. The summed E-state index contributed by atoms with van der Waals surface area (Å²) >= 11 is 6.02. The maximum absolute atomic E-state index is 11.7. The van der Waals surface area contributed by atoms with Gasteiger partial charge in [0.15, 0.2) is 0 Å². The lowest BCUT2D eigenvalue weighted by molar-refractivity contribution is -0.119. The van der Waals surface area contributed by atoms with Gasteiger partial charge in [-0.25, -0.2) is 5.43 Å². The fourth-order valence-corrected chi connectivity index (χ4v) is 2.01. The Bertz CT molecular complexity index is 763. The second-order valence-electron chi connectivity index (χ2n) is 4.79. The van der Waals surface area contributed by atoms with Crippen LogP contribution in [0.5, 0.6) is 0 Å². The van der Waals surface area contributed by atoms with Gasteiger partial charge in [-0.15, -0.1) is 0 Å². The highest BCUT2D eigenvalue weighted by Crippen LogP contribution is 2.22. The van der Waals surface area contributed by atoms with E-state index in [0.717, 1.165) is 16.8 Å². The molecule has 0 aliphatic rings. The van der Waals surface area contributed by atoms with Crippen LogP contribution in [0.2, 0.25) is 5.02 Å². The number of hydrogen-bond acceptors (Lipinski definition) is 4. The molecule has 0 saturated heterocycles. The SMILES string of the molecule is Cc1c(Cl)cccc1NCC(=O)N/N=C\c1ccc(C#N)cc1. The maximum atomic E-state index is 11.7. The number of carbonyl (C=O) groups excluding carboxylic acids is 1. The van der Waals surface area contributed by atoms with E-state index >= 15 is 0 Å². The Hall–Kier alpha value is -2.84. The van der Waals surface area contributed by atoms with Gasteiger partial charge in [-0.1, -0.05) is 29.8 Å². The molecule has 0 aliphatic heterocycles.